The third-order valence-electron chi connectivity index (χ3n) is 4.28. The summed E-state index contributed by atoms with van der Waals surface area (Å²) in [5.41, 5.74) is 5.28. The van der Waals surface area contributed by atoms with Crippen molar-refractivity contribution < 1.29 is 0 Å². The van der Waals surface area contributed by atoms with Crippen LogP contribution in [0.4, 0.5) is 0 Å². The van der Waals surface area contributed by atoms with Gasteiger partial charge in [0, 0.05) is 36.9 Å². The van der Waals surface area contributed by atoms with Gasteiger partial charge in [-0.2, -0.15) is 0 Å². The van der Waals surface area contributed by atoms with Gasteiger partial charge in [0.1, 0.15) is 0 Å². The average molecular weight is 200 g/mol. The van der Waals surface area contributed by atoms with Crippen molar-refractivity contribution in [1.29, 1.82) is 0 Å². The minimum absolute atomic E-state index is 0.564. The highest BCUT2D eigenvalue weighted by molar-refractivity contribution is 5.72. The van der Waals surface area contributed by atoms with E-state index in [9.17, 15) is 0 Å². The van der Waals surface area contributed by atoms with Crippen LogP contribution in [0.5, 0.6) is 0 Å². The average Bonchev–Trinajstić information content (AvgIpc) is 2.95. The zero-order valence-corrected chi connectivity index (χ0v) is 8.92. The summed E-state index contributed by atoms with van der Waals surface area (Å²) in [5.74, 6) is 0. The van der Waals surface area contributed by atoms with Gasteiger partial charge < -0.3 is 9.88 Å². The number of rotatable bonds is 0. The van der Waals surface area contributed by atoms with Crippen LogP contribution < -0.4 is 5.32 Å². The lowest BCUT2D eigenvalue weighted by molar-refractivity contribution is 0.645. The minimum Gasteiger partial charge on any atom is -0.346 e. The molecule has 1 fully saturated rings. The molecular formula is C13H16N2. The first kappa shape index (κ1) is 8.17. The quantitative estimate of drug-likeness (QED) is 0.677. The molecule has 1 N–H and O–H groups in total. The van der Waals surface area contributed by atoms with Crippen LogP contribution in [0.1, 0.15) is 30.5 Å². The number of allylic oxidation sites excluding steroid dienone is 1. The topological polar surface area (TPSA) is 17.0 Å². The van der Waals surface area contributed by atoms with E-state index in [1.165, 1.54) is 24.8 Å². The van der Waals surface area contributed by atoms with Crippen molar-refractivity contribution in [2.24, 2.45) is 0 Å². The van der Waals surface area contributed by atoms with Crippen LogP contribution >= 0.6 is 0 Å². The second-order valence-corrected chi connectivity index (χ2v) is 5.16. The van der Waals surface area contributed by atoms with Crippen molar-refractivity contribution in [3.8, 4) is 0 Å². The molecule has 2 aliphatic carbocycles. The van der Waals surface area contributed by atoms with Crippen molar-refractivity contribution in [1.82, 2.24) is 9.88 Å². The lowest BCUT2D eigenvalue weighted by atomic mass is 9.84. The number of fused-ring (bicyclic) bond motifs is 1. The van der Waals surface area contributed by atoms with Gasteiger partial charge in [0.25, 0.3) is 0 Å². The predicted molar refractivity (Wildman–Crippen MR) is 60.8 cm³/mol. The maximum Gasteiger partial charge on any atom is 0.0487 e. The Morgan fingerprint density at radius 1 is 1.33 bits per heavy atom. The molecule has 2 nitrogen and oxygen atoms in total. The predicted octanol–water partition coefficient (Wildman–Crippen LogP) is 1.91. The molecule has 0 atom stereocenters. The third-order valence-corrected chi connectivity index (χ3v) is 4.28. The van der Waals surface area contributed by atoms with E-state index >= 15 is 0 Å². The molecule has 1 spiro atoms. The molecule has 1 aromatic heterocycles. The van der Waals surface area contributed by atoms with Crippen molar-refractivity contribution in [3.05, 3.63) is 29.6 Å². The Bertz CT molecular complexity index is 449. The van der Waals surface area contributed by atoms with E-state index in [1.54, 1.807) is 11.3 Å². The number of nitrogens with one attached hydrogen (secondary N) is 1. The first-order valence-electron chi connectivity index (χ1n) is 5.99. The largest absolute Gasteiger partial charge is 0.346 e. The Balaban J connectivity index is 1.96. The molecular weight excluding hydrogens is 184 g/mol. The van der Waals surface area contributed by atoms with Crippen LogP contribution in [-0.2, 0) is 12.0 Å². The lowest BCUT2D eigenvalue weighted by Crippen LogP contribution is -2.18. The van der Waals surface area contributed by atoms with Gasteiger partial charge in [-0.1, -0.05) is 6.08 Å². The van der Waals surface area contributed by atoms with E-state index in [0.29, 0.717) is 5.41 Å². The molecule has 1 saturated carbocycles. The van der Waals surface area contributed by atoms with Gasteiger partial charge >= 0.3 is 0 Å². The van der Waals surface area contributed by atoms with Gasteiger partial charge in [-0.05, 0) is 36.5 Å². The Morgan fingerprint density at radius 2 is 2.27 bits per heavy atom. The Labute approximate surface area is 90.0 Å². The van der Waals surface area contributed by atoms with Crippen LogP contribution in [0.3, 0.4) is 0 Å². The van der Waals surface area contributed by atoms with Crippen LogP contribution in [0, 0.1) is 0 Å². The highest BCUT2D eigenvalue weighted by Gasteiger charge is 2.47. The molecule has 1 aliphatic heterocycles. The van der Waals surface area contributed by atoms with Crippen LogP contribution in [0.25, 0.3) is 5.57 Å². The van der Waals surface area contributed by atoms with Gasteiger partial charge in [0.05, 0.1) is 0 Å². The molecule has 78 valence electrons. The van der Waals surface area contributed by atoms with Crippen LogP contribution in [0.15, 0.2) is 18.3 Å². The molecule has 0 aromatic carbocycles. The van der Waals surface area contributed by atoms with Crippen molar-refractivity contribution in [3.63, 3.8) is 0 Å². The lowest BCUT2D eigenvalue weighted by Gasteiger charge is -2.22. The number of hydrogen-bond acceptors (Lipinski definition) is 1. The van der Waals surface area contributed by atoms with Crippen LogP contribution in [-0.4, -0.2) is 17.7 Å². The zero-order chi connectivity index (χ0) is 9.88. The Hall–Kier alpha value is -1.02. The van der Waals surface area contributed by atoms with Crippen molar-refractivity contribution in [2.75, 3.05) is 13.1 Å². The summed E-state index contributed by atoms with van der Waals surface area (Å²) in [6.45, 7) is 3.29. The second kappa shape index (κ2) is 2.56. The van der Waals surface area contributed by atoms with E-state index in [2.05, 4.69) is 28.2 Å². The Kier molecular flexibility index (Phi) is 1.39. The van der Waals surface area contributed by atoms with E-state index in [0.717, 1.165) is 19.6 Å². The Morgan fingerprint density at radius 3 is 3.13 bits per heavy atom. The summed E-state index contributed by atoms with van der Waals surface area (Å²) in [7, 11) is 0. The maximum absolute atomic E-state index is 3.50. The normalized spacial score (nSPS) is 25.7. The second-order valence-electron chi connectivity index (χ2n) is 5.16. The minimum atomic E-state index is 0.564. The van der Waals surface area contributed by atoms with E-state index in [4.69, 9.17) is 0 Å². The van der Waals surface area contributed by atoms with Crippen LogP contribution in [0.2, 0.25) is 0 Å². The van der Waals surface area contributed by atoms with Crippen molar-refractivity contribution in [2.45, 2.75) is 31.2 Å². The summed E-state index contributed by atoms with van der Waals surface area (Å²) in [5, 5.41) is 3.50. The van der Waals surface area contributed by atoms with Gasteiger partial charge in [-0.25, -0.2) is 0 Å². The maximum atomic E-state index is 3.50. The van der Waals surface area contributed by atoms with Crippen molar-refractivity contribution >= 4 is 5.57 Å². The summed E-state index contributed by atoms with van der Waals surface area (Å²) in [6.07, 6.45) is 8.85. The van der Waals surface area contributed by atoms with Gasteiger partial charge in [0.2, 0.25) is 0 Å². The molecule has 0 radical (unpaired) electrons. The first-order chi connectivity index (χ1) is 7.39. The molecule has 0 bridgehead atoms. The standard InChI is InChI=1S/C13H16N2/c1-3-13(4-5-13)11-2-7-15-8-6-14-9-10(1)12(11)15/h1-2,7,14H,3-6,8-9H2. The highest BCUT2D eigenvalue weighted by Crippen LogP contribution is 2.56. The summed E-state index contributed by atoms with van der Waals surface area (Å²) in [6, 6.07) is 2.38. The molecule has 15 heavy (non-hydrogen) atoms. The number of nitrogens with zero attached hydrogens (tertiary/aromatic N) is 1. The van der Waals surface area contributed by atoms with Gasteiger partial charge in [-0.3, -0.25) is 0 Å². The van der Waals surface area contributed by atoms with E-state index in [1.807, 2.05) is 0 Å². The SMILES string of the molecule is C1=C2CNCCn3ccc(c32)C2(C1)CC2. The number of aromatic nitrogens is 1. The smallest absolute Gasteiger partial charge is 0.0487 e. The van der Waals surface area contributed by atoms with Gasteiger partial charge in [-0.15, -0.1) is 0 Å². The molecule has 0 unspecified atom stereocenters. The first-order valence-corrected chi connectivity index (χ1v) is 5.99. The molecule has 1 aromatic rings. The van der Waals surface area contributed by atoms with E-state index in [-0.39, 0.29) is 0 Å². The summed E-state index contributed by atoms with van der Waals surface area (Å²) in [4.78, 5) is 0. The summed E-state index contributed by atoms with van der Waals surface area (Å²) < 4.78 is 2.44. The fraction of sp³-hybridized carbons (Fsp3) is 0.538. The van der Waals surface area contributed by atoms with Gasteiger partial charge in [0.15, 0.2) is 0 Å². The fourth-order valence-corrected chi connectivity index (χ4v) is 3.17. The monoisotopic (exact) mass is 200 g/mol. The fourth-order valence-electron chi connectivity index (χ4n) is 3.17. The molecule has 0 saturated heterocycles. The molecule has 2 heterocycles. The molecule has 4 rings (SSSR count). The molecule has 3 aliphatic rings. The third kappa shape index (κ3) is 0.979. The van der Waals surface area contributed by atoms with E-state index < -0.39 is 0 Å². The number of hydrogen-bond donors (Lipinski definition) is 1. The highest BCUT2D eigenvalue weighted by atomic mass is 15.0. The molecule has 0 amide bonds. The zero-order valence-electron chi connectivity index (χ0n) is 8.92. The summed E-state index contributed by atoms with van der Waals surface area (Å²) >= 11 is 0. The molecule has 2 heteroatoms.